The second-order valence-corrected chi connectivity index (χ2v) is 10.9. The number of carbonyl (C=O) groups is 1. The average molecular weight is 543 g/mol. The van der Waals surface area contributed by atoms with Gasteiger partial charge < -0.3 is 9.47 Å². The topological polar surface area (TPSA) is 35.5 Å². The summed E-state index contributed by atoms with van der Waals surface area (Å²) in [5, 5.41) is 0. The lowest BCUT2D eigenvalue weighted by Crippen LogP contribution is -2.08. The molecule has 0 saturated carbocycles. The third-order valence-corrected chi connectivity index (χ3v) is 7.64. The van der Waals surface area contributed by atoms with Gasteiger partial charge in [-0.3, -0.25) is 4.79 Å². The van der Waals surface area contributed by atoms with Gasteiger partial charge in [0.15, 0.2) is 0 Å². The van der Waals surface area contributed by atoms with Gasteiger partial charge in [-0.15, -0.1) is 0 Å². The number of hydrogen-bond acceptors (Lipinski definition) is 3. The number of rotatable bonds is 19. The van der Waals surface area contributed by atoms with Crippen molar-refractivity contribution in [3.05, 3.63) is 78.4 Å². The van der Waals surface area contributed by atoms with Crippen molar-refractivity contribution in [1.82, 2.24) is 0 Å². The molecule has 0 aliphatic heterocycles. The van der Waals surface area contributed by atoms with Crippen molar-refractivity contribution in [3.8, 4) is 28.0 Å². The number of benzene rings is 3. The van der Waals surface area contributed by atoms with Gasteiger partial charge in [-0.1, -0.05) is 138 Å². The van der Waals surface area contributed by atoms with Crippen molar-refractivity contribution in [1.29, 1.82) is 0 Å². The lowest BCUT2D eigenvalue weighted by Gasteiger charge is -2.15. The summed E-state index contributed by atoms with van der Waals surface area (Å²) in [6.07, 6.45) is 15.8. The van der Waals surface area contributed by atoms with E-state index in [0.717, 1.165) is 35.3 Å². The minimum absolute atomic E-state index is 0.0931. The van der Waals surface area contributed by atoms with Crippen LogP contribution in [0.3, 0.4) is 0 Å². The van der Waals surface area contributed by atoms with Crippen LogP contribution in [0.4, 0.5) is 0 Å². The summed E-state index contributed by atoms with van der Waals surface area (Å²) in [5.41, 5.74) is 5.67. The van der Waals surface area contributed by atoms with Crippen molar-refractivity contribution in [2.75, 3.05) is 6.61 Å². The van der Waals surface area contributed by atoms with E-state index in [0.29, 0.717) is 13.0 Å². The van der Waals surface area contributed by atoms with E-state index in [9.17, 15) is 4.79 Å². The minimum atomic E-state index is -0.250. The Hall–Kier alpha value is -3.07. The molecule has 0 spiro atoms. The first-order chi connectivity index (χ1) is 19.6. The van der Waals surface area contributed by atoms with Crippen molar-refractivity contribution in [3.63, 3.8) is 0 Å². The highest BCUT2D eigenvalue weighted by atomic mass is 16.5. The molecule has 40 heavy (non-hydrogen) atoms. The average Bonchev–Trinajstić information content (AvgIpc) is 2.98. The molecule has 0 bridgehead atoms. The van der Waals surface area contributed by atoms with Crippen LogP contribution >= 0.6 is 0 Å². The number of unbranched alkanes of at least 4 members (excludes halogenated alkanes) is 11. The van der Waals surface area contributed by atoms with Crippen LogP contribution in [-0.2, 0) is 9.53 Å². The monoisotopic (exact) mass is 542 g/mol. The smallest absolute Gasteiger partial charge is 0.306 e. The Balaban J connectivity index is 1.40. The summed E-state index contributed by atoms with van der Waals surface area (Å²) in [7, 11) is 0. The summed E-state index contributed by atoms with van der Waals surface area (Å²) < 4.78 is 11.4. The highest BCUT2D eigenvalue weighted by Gasteiger charge is 2.13. The first-order valence-electron chi connectivity index (χ1n) is 15.7. The van der Waals surface area contributed by atoms with Crippen LogP contribution in [0.25, 0.3) is 22.3 Å². The molecule has 3 heteroatoms. The number of hydrogen-bond donors (Lipinski definition) is 0. The second-order valence-electron chi connectivity index (χ2n) is 10.9. The van der Waals surface area contributed by atoms with Crippen LogP contribution in [-0.4, -0.2) is 12.6 Å². The fourth-order valence-corrected chi connectivity index (χ4v) is 5.25. The van der Waals surface area contributed by atoms with Crippen LogP contribution in [0.5, 0.6) is 5.75 Å². The molecular formula is C37H50O3. The quantitative estimate of drug-likeness (QED) is 0.112. The second kappa shape index (κ2) is 18.3. The Morgan fingerprint density at radius 1 is 0.625 bits per heavy atom. The summed E-state index contributed by atoms with van der Waals surface area (Å²) in [6.45, 7) is 6.89. The summed E-state index contributed by atoms with van der Waals surface area (Å²) in [6, 6.07) is 25.1. The fraction of sp³-hybridized carbons (Fsp3) is 0.486. The number of carbonyl (C=O) groups excluding carboxylic acids is 1. The van der Waals surface area contributed by atoms with E-state index < -0.39 is 0 Å². The lowest BCUT2D eigenvalue weighted by atomic mass is 9.94. The summed E-state index contributed by atoms with van der Waals surface area (Å²) in [5.74, 6) is 0.792. The molecule has 0 aromatic heterocycles. The molecule has 0 aliphatic rings. The molecule has 0 radical (unpaired) electrons. The van der Waals surface area contributed by atoms with Gasteiger partial charge in [-0.25, -0.2) is 0 Å². The zero-order valence-electron chi connectivity index (χ0n) is 25.1. The normalized spacial score (nSPS) is 11.8. The lowest BCUT2D eigenvalue weighted by molar-refractivity contribution is -0.148. The molecule has 1 atom stereocenters. The van der Waals surface area contributed by atoms with E-state index >= 15 is 0 Å². The molecule has 1 unspecified atom stereocenters. The van der Waals surface area contributed by atoms with Crippen LogP contribution < -0.4 is 4.74 Å². The van der Waals surface area contributed by atoms with E-state index in [4.69, 9.17) is 9.47 Å². The Morgan fingerprint density at radius 2 is 1.10 bits per heavy atom. The van der Waals surface area contributed by atoms with Gasteiger partial charge in [0.05, 0.1) is 6.61 Å². The maximum atomic E-state index is 12.4. The van der Waals surface area contributed by atoms with Crippen molar-refractivity contribution in [2.24, 2.45) is 0 Å². The molecule has 0 aliphatic carbocycles. The number of ether oxygens (including phenoxy) is 2. The Morgan fingerprint density at radius 3 is 1.60 bits per heavy atom. The van der Waals surface area contributed by atoms with E-state index in [-0.39, 0.29) is 12.1 Å². The van der Waals surface area contributed by atoms with Crippen molar-refractivity contribution >= 4 is 5.97 Å². The van der Waals surface area contributed by atoms with Crippen LogP contribution in [0.15, 0.2) is 72.8 Å². The molecule has 0 saturated heterocycles. The van der Waals surface area contributed by atoms with E-state index in [1.54, 1.807) is 0 Å². The van der Waals surface area contributed by atoms with E-state index in [1.807, 2.05) is 26.0 Å². The first-order valence-corrected chi connectivity index (χ1v) is 15.7. The van der Waals surface area contributed by atoms with Gasteiger partial charge in [0.25, 0.3) is 0 Å². The van der Waals surface area contributed by atoms with Gasteiger partial charge in [0.2, 0.25) is 0 Å². The molecule has 3 aromatic carbocycles. The third-order valence-electron chi connectivity index (χ3n) is 7.64. The largest absolute Gasteiger partial charge is 0.494 e. The van der Waals surface area contributed by atoms with Gasteiger partial charge in [-0.05, 0) is 60.2 Å². The van der Waals surface area contributed by atoms with E-state index in [2.05, 4.69) is 67.6 Å². The van der Waals surface area contributed by atoms with Gasteiger partial charge in [-0.2, -0.15) is 0 Å². The maximum absolute atomic E-state index is 12.4. The van der Waals surface area contributed by atoms with Gasteiger partial charge in [0, 0.05) is 6.42 Å². The Kier molecular flexibility index (Phi) is 14.4. The molecule has 3 nitrogen and oxygen atoms in total. The van der Waals surface area contributed by atoms with Gasteiger partial charge >= 0.3 is 5.97 Å². The van der Waals surface area contributed by atoms with Crippen LogP contribution in [0.2, 0.25) is 0 Å². The molecule has 0 heterocycles. The fourth-order valence-electron chi connectivity index (χ4n) is 5.25. The molecule has 0 amide bonds. The van der Waals surface area contributed by atoms with Gasteiger partial charge in [0.1, 0.15) is 11.9 Å². The molecule has 3 rings (SSSR count). The SMILES string of the molecule is CCCCCCCCCCCCCCC(=O)OC(C)c1ccc(-c2ccccc2-c2ccc(OCC)cc2)cc1. The number of esters is 1. The minimum Gasteiger partial charge on any atom is -0.494 e. The molecule has 0 N–H and O–H groups in total. The van der Waals surface area contributed by atoms with Crippen LogP contribution in [0.1, 0.15) is 116 Å². The highest BCUT2D eigenvalue weighted by molar-refractivity contribution is 5.83. The summed E-state index contributed by atoms with van der Waals surface area (Å²) >= 11 is 0. The van der Waals surface area contributed by atoms with Crippen LogP contribution in [0, 0.1) is 0 Å². The maximum Gasteiger partial charge on any atom is 0.306 e. The Bertz CT molecular complexity index is 1100. The van der Waals surface area contributed by atoms with Crippen molar-refractivity contribution < 1.29 is 14.3 Å². The molecule has 0 fully saturated rings. The molecular weight excluding hydrogens is 492 g/mol. The third kappa shape index (κ3) is 10.8. The highest BCUT2D eigenvalue weighted by Crippen LogP contribution is 2.33. The Labute approximate surface area is 243 Å². The first kappa shape index (κ1) is 31.5. The van der Waals surface area contributed by atoms with E-state index in [1.165, 1.54) is 75.3 Å². The standard InChI is InChI=1S/C37H50O3/c1-4-6-7-8-9-10-11-12-13-14-15-16-21-37(38)40-30(3)31-22-24-32(25-23-31)35-19-17-18-20-36(35)33-26-28-34(29-27-33)39-5-2/h17-20,22-30H,4-16,21H2,1-3H3. The molecule has 216 valence electrons. The zero-order chi connectivity index (χ0) is 28.4. The zero-order valence-corrected chi connectivity index (χ0v) is 25.1. The van der Waals surface area contributed by atoms with Crippen molar-refractivity contribution in [2.45, 2.75) is 110 Å². The predicted octanol–water partition coefficient (Wildman–Crippen LogP) is 11.1. The predicted molar refractivity (Wildman–Crippen MR) is 169 cm³/mol. The summed E-state index contributed by atoms with van der Waals surface area (Å²) in [4.78, 5) is 12.4. The molecule has 3 aromatic rings.